The standard InChI is InChI=1S/C22H29BrF3N3O4S/c1-21(2,3)20(31)29-9-6-14(13-29)19(30)28-10-7-16(8-11-28)27-34(32,33)18-5-4-15(23)12-17(18)22(24,25)26/h4-5,12,14,16,27H,6-11,13H2,1-3H3. The third kappa shape index (κ3) is 6.12. The lowest BCUT2D eigenvalue weighted by molar-refractivity contribution is -0.141. The molecule has 1 atom stereocenters. The minimum absolute atomic E-state index is 0.00193. The summed E-state index contributed by atoms with van der Waals surface area (Å²) in [6.45, 7) is 6.99. The van der Waals surface area contributed by atoms with Gasteiger partial charge in [-0.3, -0.25) is 9.59 Å². The molecule has 0 aromatic heterocycles. The lowest BCUT2D eigenvalue weighted by Gasteiger charge is -2.34. The number of hydrogen-bond donors (Lipinski definition) is 1. The Morgan fingerprint density at radius 1 is 1.03 bits per heavy atom. The number of carbonyl (C=O) groups is 2. The van der Waals surface area contributed by atoms with Crippen LogP contribution in [0.5, 0.6) is 0 Å². The van der Waals surface area contributed by atoms with Gasteiger partial charge in [0, 0.05) is 42.1 Å². The van der Waals surface area contributed by atoms with E-state index in [1.807, 2.05) is 20.8 Å². The number of amides is 2. The van der Waals surface area contributed by atoms with Gasteiger partial charge in [-0.05, 0) is 37.5 Å². The smallest absolute Gasteiger partial charge is 0.342 e. The second-order valence-electron chi connectivity index (χ2n) is 9.85. The Hall–Kier alpha value is -1.66. The van der Waals surface area contributed by atoms with Crippen LogP contribution in [0.15, 0.2) is 27.6 Å². The molecule has 2 amide bonds. The SMILES string of the molecule is CC(C)(C)C(=O)N1CCC(C(=O)N2CCC(NS(=O)(=O)c3ccc(Br)cc3C(F)(F)F)CC2)C1. The zero-order valence-electron chi connectivity index (χ0n) is 19.3. The third-order valence-corrected chi connectivity index (χ3v) is 8.20. The van der Waals surface area contributed by atoms with Crippen LogP contribution in [0.1, 0.15) is 45.6 Å². The van der Waals surface area contributed by atoms with E-state index in [1.54, 1.807) is 9.80 Å². The molecule has 1 aromatic rings. The van der Waals surface area contributed by atoms with Crippen molar-refractivity contribution in [2.75, 3.05) is 26.2 Å². The van der Waals surface area contributed by atoms with Crippen molar-refractivity contribution >= 4 is 37.8 Å². The van der Waals surface area contributed by atoms with Gasteiger partial charge in [-0.2, -0.15) is 13.2 Å². The van der Waals surface area contributed by atoms with E-state index < -0.39 is 38.1 Å². The fraction of sp³-hybridized carbons (Fsp3) is 0.636. The van der Waals surface area contributed by atoms with E-state index in [1.165, 1.54) is 6.07 Å². The summed E-state index contributed by atoms with van der Waals surface area (Å²) in [5, 5.41) is 0. The van der Waals surface area contributed by atoms with Crippen molar-refractivity contribution in [1.29, 1.82) is 0 Å². The number of likely N-dealkylation sites (tertiary alicyclic amines) is 2. The van der Waals surface area contributed by atoms with Crippen LogP contribution in [0.3, 0.4) is 0 Å². The molecule has 2 saturated heterocycles. The first-order valence-electron chi connectivity index (χ1n) is 11.1. The first-order valence-corrected chi connectivity index (χ1v) is 13.3. The second-order valence-corrected chi connectivity index (χ2v) is 12.4. The summed E-state index contributed by atoms with van der Waals surface area (Å²) in [7, 11) is -4.41. The number of benzene rings is 1. The normalized spacial score (nSPS) is 20.6. The predicted molar refractivity (Wildman–Crippen MR) is 123 cm³/mol. The number of carbonyl (C=O) groups excluding carboxylic acids is 2. The molecule has 34 heavy (non-hydrogen) atoms. The number of piperidine rings is 1. The molecular weight excluding hydrogens is 539 g/mol. The second kappa shape index (κ2) is 9.77. The molecule has 2 aliphatic rings. The van der Waals surface area contributed by atoms with Crippen molar-refractivity contribution in [2.24, 2.45) is 11.3 Å². The molecule has 0 aliphatic carbocycles. The number of rotatable bonds is 4. The van der Waals surface area contributed by atoms with E-state index in [2.05, 4.69) is 20.7 Å². The van der Waals surface area contributed by atoms with Gasteiger partial charge in [0.25, 0.3) is 0 Å². The molecule has 0 bridgehead atoms. The van der Waals surface area contributed by atoms with Gasteiger partial charge in [0.15, 0.2) is 0 Å². The maximum absolute atomic E-state index is 13.4. The van der Waals surface area contributed by atoms with Gasteiger partial charge >= 0.3 is 6.18 Å². The minimum Gasteiger partial charge on any atom is -0.342 e. The molecule has 1 N–H and O–H groups in total. The summed E-state index contributed by atoms with van der Waals surface area (Å²) in [4.78, 5) is 27.9. The van der Waals surface area contributed by atoms with Gasteiger partial charge < -0.3 is 9.80 Å². The van der Waals surface area contributed by atoms with Crippen molar-refractivity contribution in [3.63, 3.8) is 0 Å². The Morgan fingerprint density at radius 2 is 1.62 bits per heavy atom. The van der Waals surface area contributed by atoms with Crippen molar-refractivity contribution in [2.45, 2.75) is 57.1 Å². The maximum atomic E-state index is 13.4. The Bertz CT molecular complexity index is 1050. The van der Waals surface area contributed by atoms with Crippen molar-refractivity contribution in [3.05, 3.63) is 28.2 Å². The molecule has 2 heterocycles. The van der Waals surface area contributed by atoms with Crippen LogP contribution >= 0.6 is 15.9 Å². The lowest BCUT2D eigenvalue weighted by atomic mass is 9.95. The first kappa shape index (κ1) is 26.9. The first-order chi connectivity index (χ1) is 15.6. The summed E-state index contributed by atoms with van der Waals surface area (Å²) in [6, 6.07) is 2.34. The highest BCUT2D eigenvalue weighted by Gasteiger charge is 2.40. The van der Waals surface area contributed by atoms with Crippen LogP contribution in [0.2, 0.25) is 0 Å². The van der Waals surface area contributed by atoms with Gasteiger partial charge in [-0.25, -0.2) is 13.1 Å². The fourth-order valence-corrected chi connectivity index (χ4v) is 6.21. The largest absolute Gasteiger partial charge is 0.417 e. The number of sulfonamides is 1. The summed E-state index contributed by atoms with van der Waals surface area (Å²) >= 11 is 2.95. The van der Waals surface area contributed by atoms with E-state index in [0.29, 0.717) is 45.4 Å². The van der Waals surface area contributed by atoms with Crippen LogP contribution < -0.4 is 4.72 Å². The highest BCUT2D eigenvalue weighted by atomic mass is 79.9. The number of alkyl halides is 3. The zero-order valence-corrected chi connectivity index (χ0v) is 21.7. The number of nitrogens with one attached hydrogen (secondary N) is 1. The summed E-state index contributed by atoms with van der Waals surface area (Å²) in [5.74, 6) is -0.364. The van der Waals surface area contributed by atoms with E-state index >= 15 is 0 Å². The van der Waals surface area contributed by atoms with Crippen molar-refractivity contribution in [3.8, 4) is 0 Å². The Balaban J connectivity index is 1.60. The van der Waals surface area contributed by atoms with Gasteiger partial charge in [-0.1, -0.05) is 36.7 Å². The fourth-order valence-electron chi connectivity index (χ4n) is 4.34. The predicted octanol–water partition coefficient (Wildman–Crippen LogP) is 3.63. The minimum atomic E-state index is -4.83. The van der Waals surface area contributed by atoms with E-state index in [9.17, 15) is 31.2 Å². The molecule has 0 spiro atoms. The highest BCUT2D eigenvalue weighted by Crippen LogP contribution is 2.36. The van der Waals surface area contributed by atoms with Gasteiger partial charge in [-0.15, -0.1) is 0 Å². The van der Waals surface area contributed by atoms with Gasteiger partial charge in [0.05, 0.1) is 16.4 Å². The van der Waals surface area contributed by atoms with Crippen LogP contribution in [-0.2, 0) is 25.8 Å². The van der Waals surface area contributed by atoms with E-state index in [0.717, 1.165) is 12.1 Å². The maximum Gasteiger partial charge on any atom is 0.417 e. The average molecular weight is 568 g/mol. The molecule has 1 unspecified atom stereocenters. The molecule has 0 radical (unpaired) electrons. The monoisotopic (exact) mass is 567 g/mol. The lowest BCUT2D eigenvalue weighted by Crippen LogP contribution is -2.48. The average Bonchev–Trinajstić information content (AvgIpc) is 3.21. The summed E-state index contributed by atoms with van der Waals surface area (Å²) in [5.41, 5.74) is -1.76. The van der Waals surface area contributed by atoms with E-state index in [-0.39, 0.29) is 22.2 Å². The van der Waals surface area contributed by atoms with Crippen LogP contribution in [0.4, 0.5) is 13.2 Å². The molecule has 2 fully saturated rings. The molecule has 7 nitrogen and oxygen atoms in total. The third-order valence-electron chi connectivity index (χ3n) is 6.13. The summed E-state index contributed by atoms with van der Waals surface area (Å²) in [6.07, 6.45) is -3.66. The molecule has 12 heteroatoms. The van der Waals surface area contributed by atoms with Crippen LogP contribution in [-0.4, -0.2) is 62.3 Å². The molecule has 1 aromatic carbocycles. The van der Waals surface area contributed by atoms with Crippen molar-refractivity contribution in [1.82, 2.24) is 14.5 Å². The van der Waals surface area contributed by atoms with Gasteiger partial charge in [0.2, 0.25) is 21.8 Å². The molecule has 2 aliphatic heterocycles. The highest BCUT2D eigenvalue weighted by molar-refractivity contribution is 9.10. The Labute approximate surface area is 206 Å². The van der Waals surface area contributed by atoms with Crippen LogP contribution in [0.25, 0.3) is 0 Å². The molecule has 3 rings (SSSR count). The number of nitrogens with zero attached hydrogens (tertiary/aromatic N) is 2. The number of halogens is 4. The molecular formula is C22H29BrF3N3O4S. The van der Waals surface area contributed by atoms with Crippen LogP contribution in [0, 0.1) is 11.3 Å². The Kier molecular flexibility index (Phi) is 7.74. The Morgan fingerprint density at radius 3 is 2.18 bits per heavy atom. The quantitative estimate of drug-likeness (QED) is 0.602. The van der Waals surface area contributed by atoms with Gasteiger partial charge in [0.1, 0.15) is 0 Å². The van der Waals surface area contributed by atoms with Crippen molar-refractivity contribution < 1.29 is 31.2 Å². The summed E-state index contributed by atoms with van der Waals surface area (Å²) < 4.78 is 68.1. The zero-order chi connectivity index (χ0) is 25.5. The van der Waals surface area contributed by atoms with E-state index in [4.69, 9.17) is 0 Å². The topological polar surface area (TPSA) is 86.8 Å². The molecule has 190 valence electrons. The molecule has 0 saturated carbocycles. The number of hydrogen-bond acceptors (Lipinski definition) is 4.